The Morgan fingerprint density at radius 2 is 1.56 bits per heavy atom. The molecule has 0 aliphatic rings. The molecule has 0 fully saturated rings. The van der Waals surface area contributed by atoms with Gasteiger partial charge in [-0.2, -0.15) is 0 Å². The van der Waals surface area contributed by atoms with Crippen molar-refractivity contribution in [2.24, 2.45) is 0 Å². The summed E-state index contributed by atoms with van der Waals surface area (Å²) in [6, 6.07) is 10.2. The third-order valence-corrected chi connectivity index (χ3v) is 6.40. The molecular formula is C24H25I2NO6S. The van der Waals surface area contributed by atoms with Gasteiger partial charge in [-0.3, -0.25) is 9.59 Å². The molecular weight excluding hydrogens is 684 g/mol. The van der Waals surface area contributed by atoms with Crippen molar-refractivity contribution in [3.8, 4) is 11.5 Å². The molecule has 10 heteroatoms. The van der Waals surface area contributed by atoms with Crippen LogP contribution in [-0.4, -0.2) is 35.5 Å². The molecule has 0 aromatic heterocycles. The molecule has 0 radical (unpaired) electrons. The monoisotopic (exact) mass is 709 g/mol. The number of hydrogen-bond donors (Lipinski definition) is 1. The highest BCUT2D eigenvalue weighted by Gasteiger charge is 2.21. The number of benzene rings is 2. The molecule has 0 amide bonds. The molecule has 0 saturated heterocycles. The molecule has 1 N–H and O–H groups in total. The number of halogens is 2. The van der Waals surface area contributed by atoms with E-state index in [2.05, 4.69) is 50.5 Å². The number of ether oxygens (including phenoxy) is 3. The largest absolute Gasteiger partial charge is 0.464 e. The topological polar surface area (TPSA) is 90.9 Å². The van der Waals surface area contributed by atoms with Crippen molar-refractivity contribution in [1.82, 2.24) is 5.32 Å². The van der Waals surface area contributed by atoms with Gasteiger partial charge in [-0.05, 0) is 93.9 Å². The summed E-state index contributed by atoms with van der Waals surface area (Å²) < 4.78 is 17.2. The van der Waals surface area contributed by atoms with E-state index in [0.29, 0.717) is 35.7 Å². The van der Waals surface area contributed by atoms with E-state index in [-0.39, 0.29) is 18.5 Å². The van der Waals surface area contributed by atoms with Crippen LogP contribution in [0.2, 0.25) is 0 Å². The van der Waals surface area contributed by atoms with E-state index >= 15 is 0 Å². The average Bonchev–Trinajstić information content (AvgIpc) is 2.75. The second-order valence-electron chi connectivity index (χ2n) is 7.30. The lowest BCUT2D eigenvalue weighted by Crippen LogP contribution is -2.42. The fourth-order valence-electron chi connectivity index (χ4n) is 3.05. The number of rotatable bonds is 10. The lowest BCUT2D eigenvalue weighted by atomic mass is 10.0. The van der Waals surface area contributed by atoms with Crippen LogP contribution in [0.1, 0.15) is 38.3 Å². The van der Waals surface area contributed by atoms with Crippen LogP contribution in [0.15, 0.2) is 36.4 Å². The molecule has 2 rings (SSSR count). The van der Waals surface area contributed by atoms with E-state index in [0.717, 1.165) is 18.3 Å². The highest BCUT2D eigenvalue weighted by atomic mass is 127. The van der Waals surface area contributed by atoms with E-state index in [1.165, 1.54) is 13.8 Å². The van der Waals surface area contributed by atoms with Gasteiger partial charge >= 0.3 is 17.9 Å². The van der Waals surface area contributed by atoms with E-state index < -0.39 is 12.0 Å². The number of aryl methyl sites for hydroxylation is 1. The van der Waals surface area contributed by atoms with Crippen molar-refractivity contribution in [2.45, 2.75) is 46.1 Å². The van der Waals surface area contributed by atoms with Gasteiger partial charge in [0.05, 0.1) is 18.7 Å². The first-order chi connectivity index (χ1) is 16.1. The Morgan fingerprint density at radius 3 is 2.09 bits per heavy atom. The SMILES string of the molecule is CCOC(=O)C(Cc1ccc(OC(C)=O)cc1)NC(=S)CCc1cc(I)c(OC(C)=O)c(I)c1. The maximum Gasteiger partial charge on any atom is 0.328 e. The van der Waals surface area contributed by atoms with Crippen LogP contribution in [0.5, 0.6) is 11.5 Å². The number of thiocarbonyl (C=S) groups is 1. The van der Waals surface area contributed by atoms with Gasteiger partial charge < -0.3 is 19.5 Å². The minimum atomic E-state index is -0.640. The summed E-state index contributed by atoms with van der Waals surface area (Å²) in [6.45, 7) is 4.73. The molecule has 0 bridgehead atoms. The highest BCUT2D eigenvalue weighted by Crippen LogP contribution is 2.29. The summed E-state index contributed by atoms with van der Waals surface area (Å²) in [5.74, 6) is -0.144. The Morgan fingerprint density at radius 1 is 0.971 bits per heavy atom. The molecule has 0 saturated carbocycles. The maximum atomic E-state index is 12.5. The van der Waals surface area contributed by atoms with E-state index in [4.69, 9.17) is 26.4 Å². The van der Waals surface area contributed by atoms with E-state index in [1.54, 1.807) is 31.2 Å². The third-order valence-electron chi connectivity index (χ3n) is 4.48. The number of carbonyl (C=O) groups excluding carboxylic acids is 3. The molecule has 2 aromatic rings. The van der Waals surface area contributed by atoms with Gasteiger partial charge in [0.1, 0.15) is 11.8 Å². The molecule has 0 aliphatic carbocycles. The second kappa shape index (κ2) is 13.9. The first-order valence-electron chi connectivity index (χ1n) is 10.5. The zero-order valence-electron chi connectivity index (χ0n) is 19.0. The molecule has 0 spiro atoms. The number of carbonyl (C=O) groups is 3. The van der Waals surface area contributed by atoms with Crippen molar-refractivity contribution in [1.29, 1.82) is 0 Å². The first-order valence-corrected chi connectivity index (χ1v) is 13.0. The minimum absolute atomic E-state index is 0.265. The van der Waals surface area contributed by atoms with Gasteiger partial charge in [0.2, 0.25) is 0 Å². The maximum absolute atomic E-state index is 12.5. The smallest absolute Gasteiger partial charge is 0.328 e. The molecule has 0 aliphatic heterocycles. The van der Waals surface area contributed by atoms with Crippen LogP contribution in [0.3, 0.4) is 0 Å². The summed E-state index contributed by atoms with van der Waals surface area (Å²) >= 11 is 9.80. The fraction of sp³-hybridized carbons (Fsp3) is 0.333. The number of esters is 3. The summed E-state index contributed by atoms with van der Waals surface area (Å²) in [4.78, 5) is 35.5. The molecule has 34 heavy (non-hydrogen) atoms. The zero-order valence-corrected chi connectivity index (χ0v) is 24.1. The fourth-order valence-corrected chi connectivity index (χ4v) is 5.42. The molecule has 1 atom stereocenters. The Labute approximate surface area is 231 Å². The normalized spacial score (nSPS) is 11.3. The molecule has 182 valence electrons. The zero-order chi connectivity index (χ0) is 25.3. The van der Waals surface area contributed by atoms with Gasteiger partial charge in [-0.25, -0.2) is 4.79 Å². The average molecular weight is 709 g/mol. The summed E-state index contributed by atoms with van der Waals surface area (Å²) in [6.07, 6.45) is 1.56. The molecule has 1 unspecified atom stereocenters. The third kappa shape index (κ3) is 9.45. The molecule has 7 nitrogen and oxygen atoms in total. The van der Waals surface area contributed by atoms with Crippen LogP contribution in [-0.2, 0) is 32.0 Å². The van der Waals surface area contributed by atoms with Crippen LogP contribution in [0.25, 0.3) is 0 Å². The Balaban J connectivity index is 2.03. The van der Waals surface area contributed by atoms with Gasteiger partial charge in [0.15, 0.2) is 5.75 Å². The van der Waals surface area contributed by atoms with Gasteiger partial charge in [-0.15, -0.1) is 0 Å². The highest BCUT2D eigenvalue weighted by molar-refractivity contribution is 14.1. The summed E-state index contributed by atoms with van der Waals surface area (Å²) in [5, 5.41) is 3.13. The van der Waals surface area contributed by atoms with E-state index in [1.807, 2.05) is 12.1 Å². The van der Waals surface area contributed by atoms with Crippen LogP contribution in [0.4, 0.5) is 0 Å². The van der Waals surface area contributed by atoms with Gasteiger partial charge in [0, 0.05) is 26.7 Å². The summed E-state index contributed by atoms with van der Waals surface area (Å²) in [5.41, 5.74) is 1.91. The van der Waals surface area contributed by atoms with Crippen LogP contribution < -0.4 is 14.8 Å². The Kier molecular flexibility index (Phi) is 11.6. The predicted molar refractivity (Wildman–Crippen MR) is 149 cm³/mol. The minimum Gasteiger partial charge on any atom is -0.464 e. The van der Waals surface area contributed by atoms with Gasteiger partial charge in [-0.1, -0.05) is 24.4 Å². The molecule has 2 aromatic carbocycles. The quantitative estimate of drug-likeness (QED) is 0.164. The van der Waals surface area contributed by atoms with Crippen LogP contribution >= 0.6 is 57.4 Å². The van der Waals surface area contributed by atoms with Crippen molar-refractivity contribution in [2.75, 3.05) is 6.61 Å². The Bertz CT molecular complexity index is 1030. The summed E-state index contributed by atoms with van der Waals surface area (Å²) in [7, 11) is 0. The lowest BCUT2D eigenvalue weighted by molar-refractivity contribution is -0.145. The van der Waals surface area contributed by atoms with Crippen molar-refractivity contribution >= 4 is 80.3 Å². The van der Waals surface area contributed by atoms with Crippen molar-refractivity contribution in [3.63, 3.8) is 0 Å². The number of nitrogens with one attached hydrogen (secondary N) is 1. The number of hydrogen-bond acceptors (Lipinski definition) is 7. The lowest BCUT2D eigenvalue weighted by Gasteiger charge is -2.19. The van der Waals surface area contributed by atoms with Gasteiger partial charge in [0.25, 0.3) is 0 Å². The van der Waals surface area contributed by atoms with Crippen molar-refractivity contribution < 1.29 is 28.6 Å². The first kappa shape index (κ1) is 28.4. The predicted octanol–water partition coefficient (Wildman–Crippen LogP) is 4.77. The molecule has 0 heterocycles. The van der Waals surface area contributed by atoms with Crippen molar-refractivity contribution in [3.05, 3.63) is 54.7 Å². The van der Waals surface area contributed by atoms with Crippen LogP contribution in [0, 0.1) is 7.14 Å². The van der Waals surface area contributed by atoms with E-state index in [9.17, 15) is 14.4 Å². The Hall–Kier alpha value is -1.80. The standard InChI is InChI=1S/C24H25I2NO6S/c1-4-31-24(30)21(13-16-5-8-18(9-6-16)32-14(2)28)27-22(34)10-7-17-11-19(25)23(20(26)12-17)33-15(3)29/h5-6,8-9,11-12,21H,4,7,10,13H2,1-3H3,(H,27,34). The second-order valence-corrected chi connectivity index (χ2v) is 10.1.